The molecule has 4 nitrogen and oxygen atoms in total. The Morgan fingerprint density at radius 2 is 1.71 bits per heavy atom. The molecule has 0 spiro atoms. The van der Waals surface area contributed by atoms with E-state index in [0.29, 0.717) is 24.3 Å². The molecule has 2 N–H and O–H groups in total. The molecule has 140 valence electrons. The van der Waals surface area contributed by atoms with E-state index in [9.17, 15) is 4.79 Å². The van der Waals surface area contributed by atoms with Crippen LogP contribution in [0.4, 0.5) is 0 Å². The highest BCUT2D eigenvalue weighted by Crippen LogP contribution is 2.23. The zero-order valence-corrected chi connectivity index (χ0v) is 16.1. The van der Waals surface area contributed by atoms with Gasteiger partial charge in [0.1, 0.15) is 5.82 Å². The Bertz CT molecular complexity index is 1220. The fraction of sp³-hybridized carbons (Fsp3) is 0.167. The summed E-state index contributed by atoms with van der Waals surface area (Å²) in [6, 6.07) is 21.9. The van der Waals surface area contributed by atoms with E-state index < -0.39 is 0 Å². The number of hydrogen-bond donors (Lipinski definition) is 1. The Kier molecular flexibility index (Phi) is 4.80. The molecule has 0 saturated carbocycles. The second kappa shape index (κ2) is 7.41. The summed E-state index contributed by atoms with van der Waals surface area (Å²) in [7, 11) is 0. The van der Waals surface area contributed by atoms with Crippen LogP contribution in [0.2, 0.25) is 0 Å². The van der Waals surface area contributed by atoms with Crippen LogP contribution in [0.1, 0.15) is 22.3 Å². The van der Waals surface area contributed by atoms with E-state index in [4.69, 9.17) is 10.7 Å². The minimum absolute atomic E-state index is 0.0231. The molecule has 0 unspecified atom stereocenters. The van der Waals surface area contributed by atoms with Crippen LogP contribution in [0.15, 0.2) is 71.5 Å². The summed E-state index contributed by atoms with van der Waals surface area (Å²) in [5, 5.41) is 0.646. The number of fused-ring (bicyclic) bond motifs is 1. The van der Waals surface area contributed by atoms with Crippen molar-refractivity contribution in [3.05, 3.63) is 99.3 Å². The fourth-order valence-electron chi connectivity index (χ4n) is 3.55. The first-order valence-corrected chi connectivity index (χ1v) is 9.42. The van der Waals surface area contributed by atoms with E-state index in [1.54, 1.807) is 4.57 Å². The van der Waals surface area contributed by atoms with Gasteiger partial charge in [-0.05, 0) is 42.7 Å². The highest BCUT2D eigenvalue weighted by molar-refractivity contribution is 5.80. The Balaban J connectivity index is 1.98. The molecule has 4 aromatic rings. The number of aromatic nitrogens is 2. The predicted octanol–water partition coefficient (Wildman–Crippen LogP) is 4.19. The van der Waals surface area contributed by atoms with Crippen molar-refractivity contribution >= 4 is 10.9 Å². The van der Waals surface area contributed by atoms with Crippen LogP contribution >= 0.6 is 0 Å². The van der Waals surface area contributed by atoms with Gasteiger partial charge in [-0.3, -0.25) is 9.36 Å². The first-order valence-electron chi connectivity index (χ1n) is 9.42. The van der Waals surface area contributed by atoms with Crippen molar-refractivity contribution in [1.29, 1.82) is 0 Å². The van der Waals surface area contributed by atoms with E-state index in [1.165, 1.54) is 0 Å². The van der Waals surface area contributed by atoms with Gasteiger partial charge in [0.15, 0.2) is 0 Å². The van der Waals surface area contributed by atoms with Gasteiger partial charge in [-0.2, -0.15) is 0 Å². The maximum Gasteiger partial charge on any atom is 0.261 e. The van der Waals surface area contributed by atoms with Gasteiger partial charge in [-0.15, -0.1) is 0 Å². The summed E-state index contributed by atoms with van der Waals surface area (Å²) in [6.45, 7) is 4.96. The van der Waals surface area contributed by atoms with Crippen molar-refractivity contribution in [2.75, 3.05) is 0 Å². The van der Waals surface area contributed by atoms with Gasteiger partial charge in [-0.1, -0.05) is 60.2 Å². The molecular weight excluding hydrogens is 346 g/mol. The van der Waals surface area contributed by atoms with Crippen molar-refractivity contribution < 1.29 is 0 Å². The highest BCUT2D eigenvalue weighted by Gasteiger charge is 2.15. The Labute approximate surface area is 164 Å². The third-order valence-electron chi connectivity index (χ3n) is 5.06. The molecule has 4 rings (SSSR count). The van der Waals surface area contributed by atoms with Crippen LogP contribution in [0.5, 0.6) is 0 Å². The largest absolute Gasteiger partial charge is 0.326 e. The predicted molar refractivity (Wildman–Crippen MR) is 114 cm³/mol. The van der Waals surface area contributed by atoms with Crippen LogP contribution in [0, 0.1) is 13.8 Å². The number of hydrogen-bond acceptors (Lipinski definition) is 3. The third-order valence-corrected chi connectivity index (χ3v) is 5.06. The summed E-state index contributed by atoms with van der Waals surface area (Å²) in [5.41, 5.74) is 11.7. The molecule has 4 heteroatoms. The number of benzene rings is 3. The summed E-state index contributed by atoms with van der Waals surface area (Å²) in [5.74, 6) is 0.692. The standard InChI is InChI=1S/C24H23N3O/c1-16-10-11-22-21(12-16)24(28)27(15-19-8-5-7-18(13-19)14-25)23(26-22)20-9-4-3-6-17(20)2/h3-13H,14-15,25H2,1-2H3. The van der Waals surface area contributed by atoms with Gasteiger partial charge >= 0.3 is 0 Å². The zero-order chi connectivity index (χ0) is 19.7. The second-order valence-electron chi connectivity index (χ2n) is 7.19. The molecule has 0 aliphatic rings. The summed E-state index contributed by atoms with van der Waals surface area (Å²) < 4.78 is 1.78. The van der Waals surface area contributed by atoms with E-state index >= 15 is 0 Å². The van der Waals surface area contributed by atoms with Crippen molar-refractivity contribution in [3.63, 3.8) is 0 Å². The zero-order valence-electron chi connectivity index (χ0n) is 16.1. The monoisotopic (exact) mass is 369 g/mol. The summed E-state index contributed by atoms with van der Waals surface area (Å²) >= 11 is 0. The van der Waals surface area contributed by atoms with Crippen LogP contribution in [-0.4, -0.2) is 9.55 Å². The van der Waals surface area contributed by atoms with Crippen molar-refractivity contribution in [2.45, 2.75) is 26.9 Å². The van der Waals surface area contributed by atoms with Crippen LogP contribution in [-0.2, 0) is 13.1 Å². The average Bonchev–Trinajstić information content (AvgIpc) is 2.71. The first-order chi connectivity index (χ1) is 13.6. The quantitative estimate of drug-likeness (QED) is 0.587. The molecule has 1 aromatic heterocycles. The molecule has 3 aromatic carbocycles. The maximum atomic E-state index is 13.4. The lowest BCUT2D eigenvalue weighted by Crippen LogP contribution is -2.24. The molecule has 0 atom stereocenters. The Morgan fingerprint density at radius 1 is 0.929 bits per heavy atom. The smallest absolute Gasteiger partial charge is 0.261 e. The summed E-state index contributed by atoms with van der Waals surface area (Å²) in [6.07, 6.45) is 0. The lowest BCUT2D eigenvalue weighted by molar-refractivity contribution is 0.757. The fourth-order valence-corrected chi connectivity index (χ4v) is 3.55. The first kappa shape index (κ1) is 18.1. The minimum Gasteiger partial charge on any atom is -0.326 e. The third kappa shape index (κ3) is 3.35. The van der Waals surface area contributed by atoms with E-state index in [1.807, 2.05) is 74.5 Å². The van der Waals surface area contributed by atoms with Crippen LogP contribution in [0.3, 0.4) is 0 Å². The topological polar surface area (TPSA) is 60.9 Å². The van der Waals surface area contributed by atoms with Gasteiger partial charge < -0.3 is 5.73 Å². The Morgan fingerprint density at radius 3 is 2.50 bits per heavy atom. The van der Waals surface area contributed by atoms with Gasteiger partial charge in [0.05, 0.1) is 17.4 Å². The Hall–Kier alpha value is -3.24. The van der Waals surface area contributed by atoms with Gasteiger partial charge in [0.25, 0.3) is 5.56 Å². The van der Waals surface area contributed by atoms with E-state index in [0.717, 1.165) is 33.3 Å². The number of aryl methyl sites for hydroxylation is 2. The molecule has 0 aliphatic heterocycles. The SMILES string of the molecule is Cc1ccc2nc(-c3ccccc3C)n(Cc3cccc(CN)c3)c(=O)c2c1. The number of nitrogens with two attached hydrogens (primary N) is 1. The van der Waals surface area contributed by atoms with Crippen LogP contribution in [0.25, 0.3) is 22.3 Å². The number of nitrogens with zero attached hydrogens (tertiary/aromatic N) is 2. The molecule has 1 heterocycles. The maximum absolute atomic E-state index is 13.4. The molecular formula is C24H23N3O. The minimum atomic E-state index is -0.0231. The normalized spacial score (nSPS) is 11.1. The molecule has 0 radical (unpaired) electrons. The van der Waals surface area contributed by atoms with Crippen molar-refractivity contribution in [1.82, 2.24) is 9.55 Å². The molecule has 0 bridgehead atoms. The second-order valence-corrected chi connectivity index (χ2v) is 7.19. The molecule has 0 amide bonds. The van der Waals surface area contributed by atoms with Gasteiger partial charge in [0.2, 0.25) is 0 Å². The average molecular weight is 369 g/mol. The van der Waals surface area contributed by atoms with Crippen LogP contribution < -0.4 is 11.3 Å². The van der Waals surface area contributed by atoms with Gasteiger partial charge in [-0.25, -0.2) is 4.98 Å². The lowest BCUT2D eigenvalue weighted by atomic mass is 10.1. The van der Waals surface area contributed by atoms with E-state index in [-0.39, 0.29) is 5.56 Å². The van der Waals surface area contributed by atoms with Gasteiger partial charge in [0, 0.05) is 12.1 Å². The number of rotatable bonds is 4. The van der Waals surface area contributed by atoms with Crippen molar-refractivity contribution in [2.24, 2.45) is 5.73 Å². The molecule has 0 aliphatic carbocycles. The molecule has 28 heavy (non-hydrogen) atoms. The van der Waals surface area contributed by atoms with Crippen molar-refractivity contribution in [3.8, 4) is 11.4 Å². The summed E-state index contributed by atoms with van der Waals surface area (Å²) in [4.78, 5) is 18.3. The molecule has 0 fully saturated rings. The molecule has 0 saturated heterocycles. The van der Waals surface area contributed by atoms with E-state index in [2.05, 4.69) is 6.07 Å². The highest BCUT2D eigenvalue weighted by atomic mass is 16.1. The lowest BCUT2D eigenvalue weighted by Gasteiger charge is -2.16.